The third-order valence-electron chi connectivity index (χ3n) is 11.9. The largest absolute Gasteiger partial charge is 0.486 e. The van der Waals surface area contributed by atoms with E-state index in [9.17, 15) is 19.2 Å². The normalized spacial score (nSPS) is 14.1. The smallest absolute Gasteiger partial charge is 0.410 e. The molecular weight excluding hydrogens is 833 g/mol. The van der Waals surface area contributed by atoms with Gasteiger partial charge in [-0.3, -0.25) is 19.6 Å². The molecule has 1 amide bonds. The van der Waals surface area contributed by atoms with E-state index in [0.29, 0.717) is 32.1 Å². The zero-order valence-electron chi connectivity index (χ0n) is 38.2. The van der Waals surface area contributed by atoms with Gasteiger partial charge in [-0.25, -0.2) is 4.79 Å². The van der Waals surface area contributed by atoms with Gasteiger partial charge in [-0.1, -0.05) is 42.5 Å². The topological polar surface area (TPSA) is 138 Å². The fourth-order valence-electron chi connectivity index (χ4n) is 8.68. The van der Waals surface area contributed by atoms with E-state index in [-0.39, 0.29) is 29.8 Å². The van der Waals surface area contributed by atoms with Crippen LogP contribution in [-0.4, -0.2) is 85.8 Å². The summed E-state index contributed by atoms with van der Waals surface area (Å²) in [6, 6.07) is 32.7. The average Bonchev–Trinajstić information content (AvgIpc) is 3.31. The van der Waals surface area contributed by atoms with E-state index < -0.39 is 5.60 Å². The SMILES string of the molecule is Cc1ccc2c(-c3ccccn3)cc(=O)n(CC=O)c2c1.Cc1ccc2c(-c3ccccn3)cc(=O)n(CCN3CCC(N(Cc4ccc5c(c4)OCCO5)C(=O)OC(C)(C)C)CC3)c2c1. The Morgan fingerprint density at radius 2 is 1.30 bits per heavy atom. The molecule has 3 aromatic carbocycles. The van der Waals surface area contributed by atoms with Crippen LogP contribution in [0.5, 0.6) is 11.5 Å². The number of carbonyl (C=O) groups is 2. The van der Waals surface area contributed by atoms with Crippen molar-refractivity contribution in [1.29, 1.82) is 0 Å². The molecule has 0 unspecified atom stereocenters. The van der Waals surface area contributed by atoms with Gasteiger partial charge in [0, 0.05) is 85.2 Å². The summed E-state index contributed by atoms with van der Waals surface area (Å²) in [4.78, 5) is 63.1. The van der Waals surface area contributed by atoms with Gasteiger partial charge in [0.05, 0.1) is 29.0 Å². The van der Waals surface area contributed by atoms with E-state index in [2.05, 4.69) is 33.1 Å². The molecule has 13 nitrogen and oxygen atoms in total. The number of hydrogen-bond acceptors (Lipinski definition) is 10. The van der Waals surface area contributed by atoms with E-state index in [1.54, 1.807) is 24.5 Å². The average molecular weight is 889 g/mol. The molecule has 0 spiro atoms. The van der Waals surface area contributed by atoms with Gasteiger partial charge in [-0.15, -0.1) is 0 Å². The van der Waals surface area contributed by atoms with Crippen LogP contribution < -0.4 is 20.6 Å². The molecule has 0 radical (unpaired) electrons. The maximum atomic E-state index is 13.5. The lowest BCUT2D eigenvalue weighted by atomic mass is 10.0. The van der Waals surface area contributed by atoms with Crippen LogP contribution in [0.4, 0.5) is 4.79 Å². The van der Waals surface area contributed by atoms with Crippen LogP contribution in [-0.2, 0) is 29.2 Å². The summed E-state index contributed by atoms with van der Waals surface area (Å²) in [5.41, 5.74) is 7.18. The lowest BCUT2D eigenvalue weighted by Gasteiger charge is -2.39. The molecule has 13 heteroatoms. The molecule has 66 heavy (non-hydrogen) atoms. The lowest BCUT2D eigenvalue weighted by Crippen LogP contribution is -2.49. The molecule has 6 heterocycles. The van der Waals surface area contributed by atoms with Crippen LogP contribution in [0.1, 0.15) is 50.3 Å². The Hall–Kier alpha value is -7.12. The second kappa shape index (κ2) is 20.0. The number of pyridine rings is 4. The van der Waals surface area contributed by atoms with Crippen LogP contribution in [0.25, 0.3) is 44.3 Å². The van der Waals surface area contributed by atoms with Crippen molar-refractivity contribution in [3.8, 4) is 34.0 Å². The molecule has 4 aromatic heterocycles. The van der Waals surface area contributed by atoms with Gasteiger partial charge in [0.25, 0.3) is 11.1 Å². The number of likely N-dealkylation sites (tertiary alicyclic amines) is 1. The number of aromatic nitrogens is 4. The highest BCUT2D eigenvalue weighted by Gasteiger charge is 2.32. The van der Waals surface area contributed by atoms with Crippen molar-refractivity contribution < 1.29 is 23.8 Å². The van der Waals surface area contributed by atoms with E-state index >= 15 is 0 Å². The van der Waals surface area contributed by atoms with Crippen LogP contribution in [0.2, 0.25) is 0 Å². The van der Waals surface area contributed by atoms with Crippen molar-refractivity contribution in [2.45, 2.75) is 78.7 Å². The summed E-state index contributed by atoms with van der Waals surface area (Å²) in [5, 5.41) is 1.94. The first-order valence-electron chi connectivity index (χ1n) is 22.5. The van der Waals surface area contributed by atoms with Crippen molar-refractivity contribution in [3.05, 3.63) is 153 Å². The molecule has 9 rings (SSSR count). The van der Waals surface area contributed by atoms with Crippen LogP contribution in [0, 0.1) is 13.8 Å². The van der Waals surface area contributed by atoms with E-state index in [1.807, 2.05) is 117 Å². The fourth-order valence-corrected chi connectivity index (χ4v) is 8.68. The van der Waals surface area contributed by atoms with Crippen LogP contribution >= 0.6 is 0 Å². The minimum atomic E-state index is -0.594. The van der Waals surface area contributed by atoms with Crippen LogP contribution in [0.3, 0.4) is 0 Å². The first kappa shape index (κ1) is 45.4. The van der Waals surface area contributed by atoms with Crippen molar-refractivity contribution >= 4 is 34.2 Å². The highest BCUT2D eigenvalue weighted by atomic mass is 16.6. The molecule has 2 aliphatic rings. The number of amides is 1. The summed E-state index contributed by atoms with van der Waals surface area (Å²) in [5.74, 6) is 1.44. The van der Waals surface area contributed by atoms with Gasteiger partial charge in [-0.05, 0) is 113 Å². The first-order chi connectivity index (χ1) is 31.8. The Labute approximate surface area is 384 Å². The number of aldehydes is 1. The van der Waals surface area contributed by atoms with Crippen molar-refractivity contribution in [2.75, 3.05) is 32.8 Å². The van der Waals surface area contributed by atoms with Gasteiger partial charge in [-0.2, -0.15) is 0 Å². The molecular formula is C53H56N6O7. The number of ether oxygens (including phenoxy) is 3. The number of benzene rings is 3. The molecule has 0 atom stereocenters. The molecule has 1 saturated heterocycles. The monoisotopic (exact) mass is 888 g/mol. The number of carbonyl (C=O) groups excluding carboxylic acids is 2. The number of fused-ring (bicyclic) bond motifs is 3. The van der Waals surface area contributed by atoms with Crippen molar-refractivity contribution in [2.24, 2.45) is 0 Å². The number of nitrogens with zero attached hydrogens (tertiary/aromatic N) is 6. The lowest BCUT2D eigenvalue weighted by molar-refractivity contribution is -0.108. The van der Waals surface area contributed by atoms with Gasteiger partial charge < -0.3 is 37.9 Å². The second-order valence-electron chi connectivity index (χ2n) is 17.9. The summed E-state index contributed by atoms with van der Waals surface area (Å²) in [7, 11) is 0. The third kappa shape index (κ3) is 10.5. The Morgan fingerprint density at radius 1 is 0.727 bits per heavy atom. The summed E-state index contributed by atoms with van der Waals surface area (Å²) >= 11 is 0. The standard InChI is InChI=1S/C36H42N4O5.C17H14N2O2/c1-25-8-10-28-29(30-7-5-6-14-37-30)23-34(41)39(31(28)21-25)18-17-38-15-12-27(13-16-38)40(35(42)45-36(2,3)4)24-26-9-11-32-33(22-26)44-20-19-43-32;1-12-5-6-13-14(15-4-2-3-7-18-15)11-17(21)19(8-9-20)16(13)10-12/h5-11,14,21-23,27H,12-13,15-20,24H2,1-4H3;2-7,9-11H,8H2,1H3. The first-order valence-corrected chi connectivity index (χ1v) is 22.5. The summed E-state index contributed by atoms with van der Waals surface area (Å²) in [6.45, 7) is 14.2. The summed E-state index contributed by atoms with van der Waals surface area (Å²) in [6.07, 6.45) is 5.52. The Morgan fingerprint density at radius 3 is 1.86 bits per heavy atom. The minimum Gasteiger partial charge on any atom is -0.486 e. The van der Waals surface area contributed by atoms with Crippen molar-refractivity contribution in [3.63, 3.8) is 0 Å². The van der Waals surface area contributed by atoms with Crippen molar-refractivity contribution in [1.82, 2.24) is 28.9 Å². The number of hydrogen-bond donors (Lipinski definition) is 0. The zero-order valence-corrected chi connectivity index (χ0v) is 38.2. The molecule has 2 aliphatic heterocycles. The predicted molar refractivity (Wildman–Crippen MR) is 257 cm³/mol. The molecule has 0 saturated carbocycles. The van der Waals surface area contributed by atoms with E-state index in [4.69, 9.17) is 14.2 Å². The second-order valence-corrected chi connectivity index (χ2v) is 17.9. The van der Waals surface area contributed by atoms with Gasteiger partial charge in [0.15, 0.2) is 11.5 Å². The fraction of sp³-hybridized carbons (Fsp3) is 0.321. The van der Waals surface area contributed by atoms with E-state index in [1.165, 1.54) is 4.57 Å². The Kier molecular flexibility index (Phi) is 13.7. The molecule has 0 aliphatic carbocycles. The Bertz CT molecular complexity index is 2970. The third-order valence-corrected chi connectivity index (χ3v) is 11.9. The molecule has 0 bridgehead atoms. The highest BCUT2D eigenvalue weighted by molar-refractivity contribution is 5.95. The van der Waals surface area contributed by atoms with E-state index in [0.717, 1.165) is 106 Å². The number of piperidine rings is 1. The Balaban J connectivity index is 0.000000235. The van der Waals surface area contributed by atoms with Crippen LogP contribution in [0.15, 0.2) is 125 Å². The van der Waals surface area contributed by atoms with Gasteiger partial charge in [0.2, 0.25) is 0 Å². The van der Waals surface area contributed by atoms with Gasteiger partial charge in [0.1, 0.15) is 25.1 Å². The summed E-state index contributed by atoms with van der Waals surface area (Å²) < 4.78 is 20.7. The predicted octanol–water partition coefficient (Wildman–Crippen LogP) is 8.62. The molecule has 340 valence electrons. The number of rotatable bonds is 10. The maximum Gasteiger partial charge on any atom is 0.410 e. The molecule has 7 aromatic rings. The molecule has 0 N–H and O–H groups in total. The molecule has 1 fully saturated rings. The number of aryl methyl sites for hydroxylation is 2. The highest BCUT2D eigenvalue weighted by Crippen LogP contribution is 2.33. The quantitative estimate of drug-likeness (QED) is 0.123. The zero-order chi connectivity index (χ0) is 46.4. The minimum absolute atomic E-state index is 0.0285. The maximum absolute atomic E-state index is 13.5. The van der Waals surface area contributed by atoms with Gasteiger partial charge >= 0.3 is 6.09 Å².